The fourth-order valence-corrected chi connectivity index (χ4v) is 2.58. The second-order valence-electron chi connectivity index (χ2n) is 5.12. The van der Waals surface area contributed by atoms with Gasteiger partial charge in [0.2, 0.25) is 5.91 Å². The number of carbonyl (C=O) groups is 1. The molecule has 0 spiro atoms. The van der Waals surface area contributed by atoms with Crippen LogP contribution in [0.4, 0.5) is 10.1 Å². The number of amides is 1. The third-order valence-corrected chi connectivity index (χ3v) is 3.86. The van der Waals surface area contributed by atoms with Gasteiger partial charge < -0.3 is 5.32 Å². The molecule has 0 heterocycles. The highest BCUT2D eigenvalue weighted by Crippen LogP contribution is 2.23. The van der Waals surface area contributed by atoms with Crippen LogP contribution in [0.25, 0.3) is 0 Å². The fourth-order valence-electron chi connectivity index (χ4n) is 2.42. The fraction of sp³-hybridized carbons (Fsp3) is 0.278. The Labute approximate surface area is 135 Å². The van der Waals surface area contributed by atoms with Crippen LogP contribution in [-0.2, 0) is 24.1 Å². The first-order valence-electron chi connectivity index (χ1n) is 7.39. The van der Waals surface area contributed by atoms with Crippen LogP contribution in [-0.4, -0.2) is 5.91 Å². The number of hydrogen-bond donors (Lipinski definition) is 1. The average molecular weight is 320 g/mol. The van der Waals surface area contributed by atoms with Gasteiger partial charge in [0.1, 0.15) is 5.82 Å². The normalized spacial score (nSPS) is 10.5. The quantitative estimate of drug-likeness (QED) is 0.844. The predicted molar refractivity (Wildman–Crippen MR) is 88.9 cm³/mol. The summed E-state index contributed by atoms with van der Waals surface area (Å²) in [5.74, 6) is -0.682. The van der Waals surface area contributed by atoms with E-state index in [2.05, 4.69) is 5.32 Å². The number of nitrogens with one attached hydrogen (secondary N) is 1. The molecule has 0 aliphatic rings. The van der Waals surface area contributed by atoms with Crippen molar-refractivity contribution >= 4 is 23.2 Å². The predicted octanol–water partition coefficient (Wildman–Crippen LogP) is 4.79. The van der Waals surface area contributed by atoms with Crippen LogP contribution in [0.2, 0.25) is 5.02 Å². The highest BCUT2D eigenvalue weighted by molar-refractivity contribution is 6.30. The molecular formula is C18H19ClFNO. The van der Waals surface area contributed by atoms with Gasteiger partial charge in [-0.2, -0.15) is 0 Å². The minimum atomic E-state index is -0.456. The van der Waals surface area contributed by atoms with Gasteiger partial charge in [-0.25, -0.2) is 4.39 Å². The molecule has 2 nitrogen and oxygen atoms in total. The first kappa shape index (κ1) is 16.5. The van der Waals surface area contributed by atoms with Crippen molar-refractivity contribution in [2.75, 3.05) is 5.32 Å². The van der Waals surface area contributed by atoms with Crippen molar-refractivity contribution in [2.45, 2.75) is 33.1 Å². The van der Waals surface area contributed by atoms with E-state index < -0.39 is 5.82 Å². The summed E-state index contributed by atoms with van der Waals surface area (Å²) in [4.78, 5) is 12.2. The molecule has 22 heavy (non-hydrogen) atoms. The van der Waals surface area contributed by atoms with Crippen molar-refractivity contribution in [1.82, 2.24) is 0 Å². The van der Waals surface area contributed by atoms with Crippen LogP contribution in [0.5, 0.6) is 0 Å². The summed E-state index contributed by atoms with van der Waals surface area (Å²) in [5.41, 5.74) is 3.37. The average Bonchev–Trinajstić information content (AvgIpc) is 2.50. The van der Waals surface area contributed by atoms with Crippen molar-refractivity contribution in [2.24, 2.45) is 0 Å². The van der Waals surface area contributed by atoms with E-state index in [-0.39, 0.29) is 12.3 Å². The topological polar surface area (TPSA) is 29.1 Å². The van der Waals surface area contributed by atoms with Crippen molar-refractivity contribution in [3.63, 3.8) is 0 Å². The SMILES string of the molecule is CCc1cccc(CC)c1NC(=O)Cc1ccc(Cl)cc1F. The zero-order valence-corrected chi connectivity index (χ0v) is 13.5. The smallest absolute Gasteiger partial charge is 0.228 e. The Morgan fingerprint density at radius 2 is 1.73 bits per heavy atom. The molecule has 0 aliphatic heterocycles. The second-order valence-corrected chi connectivity index (χ2v) is 5.56. The minimum absolute atomic E-state index is 0.00972. The molecule has 0 saturated heterocycles. The molecule has 1 amide bonds. The van der Waals surface area contributed by atoms with E-state index in [9.17, 15) is 9.18 Å². The minimum Gasteiger partial charge on any atom is -0.325 e. The van der Waals surface area contributed by atoms with Crippen LogP contribution in [0, 0.1) is 5.82 Å². The molecule has 0 fully saturated rings. The molecule has 2 aromatic carbocycles. The van der Waals surface area contributed by atoms with Crippen LogP contribution in [0.3, 0.4) is 0 Å². The monoisotopic (exact) mass is 319 g/mol. The number of anilines is 1. The zero-order chi connectivity index (χ0) is 16.1. The summed E-state index contributed by atoms with van der Waals surface area (Å²) in [6, 6.07) is 10.3. The molecule has 0 atom stereocenters. The van der Waals surface area contributed by atoms with E-state index >= 15 is 0 Å². The number of halogens is 2. The van der Waals surface area contributed by atoms with Gasteiger partial charge in [0.05, 0.1) is 6.42 Å². The summed E-state index contributed by atoms with van der Waals surface area (Å²) in [5, 5.41) is 3.26. The lowest BCUT2D eigenvalue weighted by Crippen LogP contribution is -2.17. The lowest BCUT2D eigenvalue weighted by atomic mass is 10.0. The summed E-state index contributed by atoms with van der Waals surface area (Å²) < 4.78 is 13.8. The molecule has 1 N–H and O–H groups in total. The van der Waals surface area contributed by atoms with Crippen molar-refractivity contribution in [3.8, 4) is 0 Å². The molecule has 0 unspecified atom stereocenters. The summed E-state index contributed by atoms with van der Waals surface area (Å²) >= 11 is 5.72. The van der Waals surface area contributed by atoms with Gasteiger partial charge in [-0.3, -0.25) is 4.79 Å². The molecule has 0 aromatic heterocycles. The van der Waals surface area contributed by atoms with Crippen LogP contribution in [0.1, 0.15) is 30.5 Å². The number of rotatable bonds is 5. The van der Waals surface area contributed by atoms with E-state index in [1.165, 1.54) is 6.07 Å². The molecule has 4 heteroatoms. The third kappa shape index (κ3) is 3.86. The lowest BCUT2D eigenvalue weighted by molar-refractivity contribution is -0.115. The Hall–Kier alpha value is -1.87. The number of aryl methyl sites for hydroxylation is 2. The maximum atomic E-state index is 13.8. The maximum Gasteiger partial charge on any atom is 0.228 e. The summed E-state index contributed by atoms with van der Waals surface area (Å²) in [6.07, 6.45) is 1.65. The van der Waals surface area contributed by atoms with Crippen molar-refractivity contribution in [3.05, 3.63) is 63.9 Å². The molecule has 0 aliphatic carbocycles. The zero-order valence-electron chi connectivity index (χ0n) is 12.7. The standard InChI is InChI=1S/C18H19ClFNO/c1-3-12-6-5-7-13(4-2)18(12)21-17(22)10-14-8-9-15(19)11-16(14)20/h5-9,11H,3-4,10H2,1-2H3,(H,21,22). The van der Waals surface area contributed by atoms with Crippen molar-refractivity contribution in [1.29, 1.82) is 0 Å². The number of carbonyl (C=O) groups excluding carboxylic acids is 1. The van der Waals surface area contributed by atoms with E-state index in [4.69, 9.17) is 11.6 Å². The molecule has 2 rings (SSSR count). The van der Waals surface area contributed by atoms with Gasteiger partial charge >= 0.3 is 0 Å². The van der Waals surface area contributed by atoms with Gasteiger partial charge in [-0.05, 0) is 41.7 Å². The lowest BCUT2D eigenvalue weighted by Gasteiger charge is -2.14. The van der Waals surface area contributed by atoms with Crippen LogP contribution >= 0.6 is 11.6 Å². The molecule has 0 saturated carbocycles. The summed E-state index contributed by atoms with van der Waals surface area (Å²) in [7, 11) is 0. The third-order valence-electron chi connectivity index (χ3n) is 3.63. The van der Waals surface area contributed by atoms with E-state index in [0.29, 0.717) is 10.6 Å². The van der Waals surface area contributed by atoms with Crippen LogP contribution < -0.4 is 5.32 Å². The maximum absolute atomic E-state index is 13.8. The summed E-state index contributed by atoms with van der Waals surface area (Å²) in [6.45, 7) is 4.09. The largest absolute Gasteiger partial charge is 0.325 e. The Morgan fingerprint density at radius 1 is 1.09 bits per heavy atom. The van der Waals surface area contributed by atoms with Gasteiger partial charge in [0.25, 0.3) is 0 Å². The Bertz CT molecular complexity index is 663. The number of para-hydroxylation sites is 1. The van der Waals surface area contributed by atoms with E-state index in [1.807, 2.05) is 32.0 Å². The van der Waals surface area contributed by atoms with Gasteiger partial charge in [-0.1, -0.05) is 49.7 Å². The molecule has 0 bridgehead atoms. The van der Waals surface area contributed by atoms with Gasteiger partial charge in [0.15, 0.2) is 0 Å². The van der Waals surface area contributed by atoms with Crippen molar-refractivity contribution < 1.29 is 9.18 Å². The number of benzene rings is 2. The van der Waals surface area contributed by atoms with E-state index in [1.54, 1.807) is 12.1 Å². The molecule has 2 aromatic rings. The van der Waals surface area contributed by atoms with Crippen LogP contribution in [0.15, 0.2) is 36.4 Å². The van der Waals surface area contributed by atoms with Gasteiger partial charge in [-0.15, -0.1) is 0 Å². The Morgan fingerprint density at radius 3 is 2.27 bits per heavy atom. The Kier molecular flexibility index (Phi) is 5.56. The van der Waals surface area contributed by atoms with Gasteiger partial charge in [0, 0.05) is 10.7 Å². The first-order chi connectivity index (χ1) is 10.5. The molecule has 0 radical (unpaired) electrons. The highest BCUT2D eigenvalue weighted by Gasteiger charge is 2.12. The molecule has 116 valence electrons. The second kappa shape index (κ2) is 7.41. The first-order valence-corrected chi connectivity index (χ1v) is 7.77. The highest BCUT2D eigenvalue weighted by atomic mass is 35.5. The number of hydrogen-bond acceptors (Lipinski definition) is 1. The Balaban J connectivity index is 2.19. The van der Waals surface area contributed by atoms with E-state index in [0.717, 1.165) is 29.7 Å². The molecular weight excluding hydrogens is 301 g/mol.